The topological polar surface area (TPSA) is 85.0 Å². The lowest BCUT2D eigenvalue weighted by Crippen LogP contribution is -2.33. The molecule has 1 aliphatic rings. The van der Waals surface area contributed by atoms with E-state index in [2.05, 4.69) is 35.1 Å². The van der Waals surface area contributed by atoms with Crippen molar-refractivity contribution in [1.82, 2.24) is 15.2 Å². The molecule has 148 valence electrons. The summed E-state index contributed by atoms with van der Waals surface area (Å²) in [5.74, 6) is -0.516. The second kappa shape index (κ2) is 6.78. The van der Waals surface area contributed by atoms with Gasteiger partial charge in [0.15, 0.2) is 0 Å². The Kier molecular flexibility index (Phi) is 4.54. The predicted octanol–water partition coefficient (Wildman–Crippen LogP) is 3.66. The summed E-state index contributed by atoms with van der Waals surface area (Å²) in [6.45, 7) is 6.18. The molecule has 0 bridgehead atoms. The van der Waals surface area contributed by atoms with Gasteiger partial charge in [0.1, 0.15) is 5.69 Å². The predicted molar refractivity (Wildman–Crippen MR) is 111 cm³/mol. The molecule has 1 atom stereocenters. The number of aliphatic hydroxyl groups excluding tert-OH is 1. The zero-order valence-corrected chi connectivity index (χ0v) is 17.0. The van der Waals surface area contributed by atoms with Crippen molar-refractivity contribution in [1.29, 1.82) is 0 Å². The molecular weight excluding hydrogens is 352 g/mol. The highest BCUT2D eigenvalue weighted by Crippen LogP contribution is 2.38. The number of hydrogen-bond acceptors (Lipinski definition) is 3. The fourth-order valence-corrected chi connectivity index (χ4v) is 4.06. The number of anilines is 1. The molecule has 0 radical (unpaired) electrons. The van der Waals surface area contributed by atoms with Gasteiger partial charge in [-0.1, -0.05) is 26.8 Å². The summed E-state index contributed by atoms with van der Waals surface area (Å²) in [7, 11) is 1.74. The molecule has 1 aliphatic carbocycles. The van der Waals surface area contributed by atoms with Crippen LogP contribution >= 0.6 is 0 Å². The van der Waals surface area contributed by atoms with Gasteiger partial charge < -0.3 is 15.0 Å². The zero-order chi connectivity index (χ0) is 20.1. The fourth-order valence-electron chi connectivity index (χ4n) is 4.06. The second-order valence-corrected chi connectivity index (χ2v) is 8.81. The number of nitrogens with zero attached hydrogens (tertiary/aromatic N) is 2. The summed E-state index contributed by atoms with van der Waals surface area (Å²) in [5, 5.41) is 18.2. The minimum atomic E-state index is -0.417. The minimum absolute atomic E-state index is 0.0994. The van der Waals surface area contributed by atoms with Crippen molar-refractivity contribution in [2.75, 3.05) is 18.6 Å². The summed E-state index contributed by atoms with van der Waals surface area (Å²) in [6.07, 6.45) is 3.22. The monoisotopic (exact) mass is 380 g/mol. The van der Waals surface area contributed by atoms with Gasteiger partial charge in [-0.25, -0.2) is 0 Å². The average Bonchev–Trinajstić information content (AvgIpc) is 3.27. The van der Waals surface area contributed by atoms with E-state index in [1.54, 1.807) is 18.9 Å². The molecule has 6 heteroatoms. The van der Waals surface area contributed by atoms with Crippen LogP contribution in [0.15, 0.2) is 24.3 Å². The van der Waals surface area contributed by atoms with E-state index in [9.17, 15) is 9.90 Å². The minimum Gasteiger partial charge on any atom is -0.396 e. The molecule has 4 rings (SSSR count). The third-order valence-corrected chi connectivity index (χ3v) is 5.93. The van der Waals surface area contributed by atoms with Crippen LogP contribution in [0.2, 0.25) is 0 Å². The van der Waals surface area contributed by atoms with Crippen molar-refractivity contribution in [2.24, 2.45) is 11.3 Å². The van der Waals surface area contributed by atoms with E-state index < -0.39 is 5.92 Å². The maximum absolute atomic E-state index is 12.4. The molecule has 2 heterocycles. The second-order valence-electron chi connectivity index (χ2n) is 8.81. The van der Waals surface area contributed by atoms with E-state index in [4.69, 9.17) is 0 Å². The Bertz CT molecular complexity index is 1030. The quantitative estimate of drug-likeness (QED) is 0.646. The Morgan fingerprint density at radius 2 is 2.14 bits per heavy atom. The van der Waals surface area contributed by atoms with Gasteiger partial charge in [-0.3, -0.25) is 9.89 Å². The first kappa shape index (κ1) is 18.7. The number of amides is 1. The van der Waals surface area contributed by atoms with Crippen LogP contribution in [-0.4, -0.2) is 39.8 Å². The molecule has 2 aromatic heterocycles. The standard InChI is InChI=1S/C22H28N4O2/c1-13(12-27)21(28)26(4)15-6-5-14-9-18(23-17(14)10-15)20-16-7-8-22(2,3)11-19(16)24-25-20/h5-6,9-10,13,23,27H,7-8,11-12H2,1-4H3,(H,24,25). The van der Waals surface area contributed by atoms with E-state index >= 15 is 0 Å². The van der Waals surface area contributed by atoms with Crippen LogP contribution < -0.4 is 4.90 Å². The normalized spacial score (nSPS) is 16.8. The number of aliphatic hydroxyl groups is 1. The van der Waals surface area contributed by atoms with E-state index in [0.29, 0.717) is 5.41 Å². The van der Waals surface area contributed by atoms with Crippen molar-refractivity contribution >= 4 is 22.5 Å². The summed E-state index contributed by atoms with van der Waals surface area (Å²) in [5.41, 5.74) is 6.65. The first-order chi connectivity index (χ1) is 13.3. The Hall–Kier alpha value is -2.60. The van der Waals surface area contributed by atoms with Crippen LogP contribution in [0.4, 0.5) is 5.69 Å². The smallest absolute Gasteiger partial charge is 0.231 e. The molecule has 1 unspecified atom stereocenters. The number of rotatable bonds is 4. The number of hydrogen-bond donors (Lipinski definition) is 3. The number of fused-ring (bicyclic) bond motifs is 2. The van der Waals surface area contributed by atoms with Crippen LogP contribution in [0.3, 0.4) is 0 Å². The summed E-state index contributed by atoms with van der Waals surface area (Å²) in [6, 6.07) is 8.04. The number of carbonyl (C=O) groups excluding carboxylic acids is 1. The van der Waals surface area contributed by atoms with E-state index in [0.717, 1.165) is 47.2 Å². The number of benzene rings is 1. The summed E-state index contributed by atoms with van der Waals surface area (Å²) in [4.78, 5) is 17.4. The zero-order valence-electron chi connectivity index (χ0n) is 17.0. The molecule has 1 amide bonds. The molecule has 3 aromatic rings. The lowest BCUT2D eigenvalue weighted by Gasteiger charge is -2.28. The van der Waals surface area contributed by atoms with E-state index in [1.807, 2.05) is 18.2 Å². The van der Waals surface area contributed by atoms with Crippen molar-refractivity contribution in [3.8, 4) is 11.4 Å². The van der Waals surface area contributed by atoms with Gasteiger partial charge in [-0.05, 0) is 42.9 Å². The maximum Gasteiger partial charge on any atom is 0.231 e. The Morgan fingerprint density at radius 3 is 2.89 bits per heavy atom. The molecule has 0 saturated carbocycles. The third kappa shape index (κ3) is 3.22. The van der Waals surface area contributed by atoms with Gasteiger partial charge in [-0.2, -0.15) is 5.10 Å². The van der Waals surface area contributed by atoms with Crippen molar-refractivity contribution in [3.63, 3.8) is 0 Å². The van der Waals surface area contributed by atoms with Crippen LogP contribution in [0.5, 0.6) is 0 Å². The first-order valence-corrected chi connectivity index (χ1v) is 9.87. The lowest BCUT2D eigenvalue weighted by atomic mass is 9.76. The molecule has 0 saturated heterocycles. The van der Waals surface area contributed by atoms with Gasteiger partial charge in [0.2, 0.25) is 5.91 Å². The number of carbonyl (C=O) groups is 1. The van der Waals surface area contributed by atoms with Crippen LogP contribution in [0.25, 0.3) is 22.3 Å². The summed E-state index contributed by atoms with van der Waals surface area (Å²) >= 11 is 0. The van der Waals surface area contributed by atoms with E-state index in [1.165, 1.54) is 11.3 Å². The number of aromatic amines is 2. The van der Waals surface area contributed by atoms with Gasteiger partial charge in [0.25, 0.3) is 0 Å². The van der Waals surface area contributed by atoms with Crippen LogP contribution in [-0.2, 0) is 17.6 Å². The van der Waals surface area contributed by atoms with Gasteiger partial charge >= 0.3 is 0 Å². The number of H-pyrrole nitrogens is 2. The number of nitrogens with one attached hydrogen (secondary N) is 2. The molecule has 0 aliphatic heterocycles. The van der Waals surface area contributed by atoms with Crippen molar-refractivity contribution in [3.05, 3.63) is 35.5 Å². The highest BCUT2D eigenvalue weighted by atomic mass is 16.3. The molecule has 6 nitrogen and oxygen atoms in total. The molecule has 28 heavy (non-hydrogen) atoms. The number of aromatic nitrogens is 3. The maximum atomic E-state index is 12.4. The highest BCUT2D eigenvalue weighted by molar-refractivity contribution is 5.97. The SMILES string of the molecule is CC(CO)C(=O)N(C)c1ccc2cc(-c3n[nH]c4c3CCC(C)(C)C4)[nH]c2c1. The molecule has 0 spiro atoms. The van der Waals surface area contributed by atoms with Crippen LogP contribution in [0.1, 0.15) is 38.4 Å². The first-order valence-electron chi connectivity index (χ1n) is 9.87. The van der Waals surface area contributed by atoms with Crippen molar-refractivity contribution < 1.29 is 9.90 Å². The largest absolute Gasteiger partial charge is 0.396 e. The van der Waals surface area contributed by atoms with Gasteiger partial charge in [-0.15, -0.1) is 0 Å². The Labute approximate surface area is 165 Å². The molecular formula is C22H28N4O2. The molecule has 1 aromatic carbocycles. The van der Waals surface area contributed by atoms with Gasteiger partial charge in [0.05, 0.1) is 18.2 Å². The fraction of sp³-hybridized carbons (Fsp3) is 0.455. The van der Waals surface area contributed by atoms with Gasteiger partial charge in [0, 0.05) is 34.9 Å². The Balaban J connectivity index is 1.67. The van der Waals surface area contributed by atoms with E-state index in [-0.39, 0.29) is 12.5 Å². The average molecular weight is 380 g/mol. The third-order valence-electron chi connectivity index (χ3n) is 5.93. The summed E-state index contributed by atoms with van der Waals surface area (Å²) < 4.78 is 0. The Morgan fingerprint density at radius 1 is 1.36 bits per heavy atom. The van der Waals surface area contributed by atoms with Crippen molar-refractivity contribution in [2.45, 2.75) is 40.0 Å². The van der Waals surface area contributed by atoms with Crippen LogP contribution in [0, 0.1) is 11.3 Å². The molecule has 3 N–H and O–H groups in total. The lowest BCUT2D eigenvalue weighted by molar-refractivity contribution is -0.122. The highest BCUT2D eigenvalue weighted by Gasteiger charge is 2.29. The molecule has 0 fully saturated rings.